The van der Waals surface area contributed by atoms with E-state index in [-0.39, 0.29) is 0 Å². The second-order valence-electron chi connectivity index (χ2n) is 14.5. The lowest BCUT2D eigenvalue weighted by atomic mass is 9.64. The van der Waals surface area contributed by atoms with Crippen molar-refractivity contribution in [3.8, 4) is 56.2 Å². The Hall–Kier alpha value is -7.36. The zero-order valence-corrected chi connectivity index (χ0v) is 30.5. The van der Waals surface area contributed by atoms with Gasteiger partial charge in [-0.05, 0) is 80.9 Å². The molecule has 1 spiro atoms. The lowest BCUT2D eigenvalue weighted by molar-refractivity contribution is 0.753. The van der Waals surface area contributed by atoms with Gasteiger partial charge in [0, 0.05) is 22.4 Å². The second kappa shape index (κ2) is 12.9. The van der Waals surface area contributed by atoms with E-state index in [1.54, 1.807) is 0 Å². The molecule has 0 atom stereocenters. The Kier molecular flexibility index (Phi) is 7.39. The van der Waals surface area contributed by atoms with Crippen molar-refractivity contribution in [2.24, 2.45) is 0 Å². The van der Waals surface area contributed by atoms with E-state index in [0.29, 0.717) is 5.82 Å². The lowest BCUT2D eigenvalue weighted by Crippen LogP contribution is -2.36. The summed E-state index contributed by atoms with van der Waals surface area (Å²) in [5.41, 5.74) is 17.8. The van der Waals surface area contributed by atoms with Crippen LogP contribution in [-0.2, 0) is 5.41 Å². The molecule has 2 heterocycles. The molecule has 9 aromatic rings. The molecule has 2 aliphatic rings. The van der Waals surface area contributed by atoms with Crippen LogP contribution in [-0.4, -0.2) is 9.97 Å². The van der Waals surface area contributed by atoms with Crippen LogP contribution < -0.4 is 4.90 Å². The summed E-state index contributed by atoms with van der Waals surface area (Å²) in [6, 6.07) is 76.3. The van der Waals surface area contributed by atoms with Crippen molar-refractivity contribution in [1.29, 1.82) is 0 Å². The van der Waals surface area contributed by atoms with Crippen LogP contribution in [0.15, 0.2) is 212 Å². The minimum atomic E-state index is -0.536. The fourth-order valence-electron chi connectivity index (χ4n) is 9.15. The quantitative estimate of drug-likeness (QED) is 0.178. The van der Waals surface area contributed by atoms with Gasteiger partial charge < -0.3 is 4.90 Å². The fourth-order valence-corrected chi connectivity index (χ4v) is 9.15. The van der Waals surface area contributed by atoms with Crippen LogP contribution in [0.25, 0.3) is 56.2 Å². The molecule has 8 aromatic carbocycles. The zero-order valence-electron chi connectivity index (χ0n) is 30.5. The molecule has 0 bridgehead atoms. The van der Waals surface area contributed by atoms with Gasteiger partial charge in [0.2, 0.25) is 0 Å². The molecule has 1 aliphatic carbocycles. The predicted molar refractivity (Wildman–Crippen MR) is 229 cm³/mol. The van der Waals surface area contributed by atoms with Gasteiger partial charge in [-0.1, -0.05) is 176 Å². The fraction of sp³-hybridized carbons (Fsp3) is 0.0189. The first-order valence-electron chi connectivity index (χ1n) is 19.2. The number of benzene rings is 8. The highest BCUT2D eigenvalue weighted by molar-refractivity contribution is 5.97. The number of anilines is 3. The number of nitrogens with zero attached hydrogens (tertiary/aromatic N) is 3. The normalized spacial score (nSPS) is 13.1. The van der Waals surface area contributed by atoms with E-state index in [4.69, 9.17) is 9.97 Å². The number of para-hydroxylation sites is 3. The molecule has 0 saturated carbocycles. The monoisotopic (exact) mass is 713 g/mol. The predicted octanol–water partition coefficient (Wildman–Crippen LogP) is 13.3. The first kappa shape index (κ1) is 32.1. The average Bonchev–Trinajstić information content (AvgIpc) is 3.57. The van der Waals surface area contributed by atoms with Crippen LogP contribution in [0.4, 0.5) is 17.1 Å². The average molecular weight is 714 g/mol. The van der Waals surface area contributed by atoms with Crippen LogP contribution in [0.5, 0.6) is 0 Å². The number of rotatable bonds is 5. The standard InChI is InChI=1S/C53H35N3/c1-4-18-36(19-5-1)48-35-49(55-52(54-48)37-20-6-2-7-21-37)43-26-11-10-24-40(43)38-32-33-42-41-25-12-13-27-44(41)53(47(42)34-38)45-28-14-16-30-50(45)56(39-22-8-3-9-23-39)51-31-17-15-29-46(51)53/h1-35H. The Labute approximate surface area is 326 Å². The zero-order chi connectivity index (χ0) is 37.1. The van der Waals surface area contributed by atoms with Gasteiger partial charge in [-0.15, -0.1) is 0 Å². The van der Waals surface area contributed by atoms with Crippen molar-refractivity contribution in [3.63, 3.8) is 0 Å². The number of fused-ring (bicyclic) bond motifs is 9. The third kappa shape index (κ3) is 4.84. The summed E-state index contributed by atoms with van der Waals surface area (Å²) in [5, 5.41) is 0. The minimum Gasteiger partial charge on any atom is -0.310 e. The molecule has 0 fully saturated rings. The molecule has 56 heavy (non-hydrogen) atoms. The maximum absolute atomic E-state index is 5.25. The minimum absolute atomic E-state index is 0.536. The third-order valence-electron chi connectivity index (χ3n) is 11.5. The summed E-state index contributed by atoms with van der Waals surface area (Å²) < 4.78 is 0. The summed E-state index contributed by atoms with van der Waals surface area (Å²) in [4.78, 5) is 12.8. The van der Waals surface area contributed by atoms with Crippen molar-refractivity contribution in [2.75, 3.05) is 4.90 Å². The molecule has 11 rings (SSSR count). The molecular formula is C53H35N3. The topological polar surface area (TPSA) is 29.0 Å². The highest BCUT2D eigenvalue weighted by Crippen LogP contribution is 2.63. The van der Waals surface area contributed by atoms with Crippen molar-refractivity contribution < 1.29 is 0 Å². The molecule has 3 nitrogen and oxygen atoms in total. The van der Waals surface area contributed by atoms with Crippen LogP contribution in [0.1, 0.15) is 22.3 Å². The van der Waals surface area contributed by atoms with Gasteiger partial charge in [0.25, 0.3) is 0 Å². The largest absolute Gasteiger partial charge is 0.310 e. The van der Waals surface area contributed by atoms with Gasteiger partial charge in [0.1, 0.15) is 0 Å². The van der Waals surface area contributed by atoms with Gasteiger partial charge in [0.15, 0.2) is 5.82 Å². The second-order valence-corrected chi connectivity index (χ2v) is 14.5. The van der Waals surface area contributed by atoms with Crippen LogP contribution in [0, 0.1) is 0 Å². The molecule has 0 amide bonds. The molecular weight excluding hydrogens is 679 g/mol. The number of hydrogen-bond donors (Lipinski definition) is 0. The van der Waals surface area contributed by atoms with E-state index in [2.05, 4.69) is 193 Å². The maximum Gasteiger partial charge on any atom is 0.160 e. The van der Waals surface area contributed by atoms with Crippen LogP contribution in [0.2, 0.25) is 0 Å². The Morgan fingerprint density at radius 2 is 0.821 bits per heavy atom. The van der Waals surface area contributed by atoms with Crippen molar-refractivity contribution in [1.82, 2.24) is 9.97 Å². The molecule has 3 heteroatoms. The summed E-state index contributed by atoms with van der Waals surface area (Å²) in [6.45, 7) is 0. The highest BCUT2D eigenvalue weighted by Gasteiger charge is 2.51. The van der Waals surface area contributed by atoms with E-state index in [0.717, 1.165) is 44.9 Å². The molecule has 0 radical (unpaired) electrons. The van der Waals surface area contributed by atoms with Crippen molar-refractivity contribution in [2.45, 2.75) is 5.41 Å². The van der Waals surface area contributed by atoms with E-state index in [9.17, 15) is 0 Å². The summed E-state index contributed by atoms with van der Waals surface area (Å²) in [5.74, 6) is 0.707. The van der Waals surface area contributed by atoms with E-state index in [1.165, 1.54) is 44.8 Å². The Balaban J connectivity index is 1.15. The van der Waals surface area contributed by atoms with E-state index >= 15 is 0 Å². The van der Waals surface area contributed by atoms with Crippen LogP contribution in [0.3, 0.4) is 0 Å². The molecule has 0 saturated heterocycles. The Morgan fingerprint density at radius 1 is 0.321 bits per heavy atom. The summed E-state index contributed by atoms with van der Waals surface area (Å²) >= 11 is 0. The third-order valence-corrected chi connectivity index (χ3v) is 11.5. The molecule has 1 aromatic heterocycles. The van der Waals surface area contributed by atoms with Crippen molar-refractivity contribution in [3.05, 3.63) is 235 Å². The van der Waals surface area contributed by atoms with Crippen LogP contribution >= 0.6 is 0 Å². The molecule has 262 valence electrons. The van der Waals surface area contributed by atoms with Gasteiger partial charge in [-0.25, -0.2) is 9.97 Å². The van der Waals surface area contributed by atoms with E-state index in [1.807, 2.05) is 24.3 Å². The first-order chi connectivity index (χ1) is 27.8. The Bertz CT molecular complexity index is 2810. The SMILES string of the molecule is c1ccc(-c2cc(-c3ccccc3-c3ccc4c(c3)C3(c5ccccc5-4)c4ccccc4N(c4ccccc4)c4ccccc43)nc(-c3ccccc3)n2)cc1. The van der Waals surface area contributed by atoms with Gasteiger partial charge in [-0.2, -0.15) is 0 Å². The highest BCUT2D eigenvalue weighted by atomic mass is 15.2. The van der Waals surface area contributed by atoms with Gasteiger partial charge >= 0.3 is 0 Å². The maximum atomic E-state index is 5.25. The Morgan fingerprint density at radius 3 is 1.50 bits per heavy atom. The number of hydrogen-bond acceptors (Lipinski definition) is 3. The molecule has 0 N–H and O–H groups in total. The van der Waals surface area contributed by atoms with Gasteiger partial charge in [-0.3, -0.25) is 0 Å². The molecule has 0 unspecified atom stereocenters. The summed E-state index contributed by atoms with van der Waals surface area (Å²) in [6.07, 6.45) is 0. The first-order valence-corrected chi connectivity index (χ1v) is 19.2. The summed E-state index contributed by atoms with van der Waals surface area (Å²) in [7, 11) is 0. The van der Waals surface area contributed by atoms with Crippen molar-refractivity contribution >= 4 is 17.1 Å². The van der Waals surface area contributed by atoms with Gasteiger partial charge in [0.05, 0.1) is 28.2 Å². The smallest absolute Gasteiger partial charge is 0.160 e. The lowest BCUT2D eigenvalue weighted by Gasteiger charge is -2.45. The molecule has 1 aliphatic heterocycles. The number of aromatic nitrogens is 2. The van der Waals surface area contributed by atoms with E-state index < -0.39 is 5.41 Å².